The van der Waals surface area contributed by atoms with Crippen molar-refractivity contribution in [2.45, 2.75) is 13.5 Å². The van der Waals surface area contributed by atoms with Crippen molar-refractivity contribution < 1.29 is 14.3 Å². The smallest absolute Gasteiger partial charge is 0.256 e. The van der Waals surface area contributed by atoms with Crippen LogP contribution in [0, 0.1) is 6.92 Å². The third-order valence-corrected chi connectivity index (χ3v) is 5.42. The quantitative estimate of drug-likeness (QED) is 0.339. The first-order valence-electron chi connectivity index (χ1n) is 11.3. The van der Waals surface area contributed by atoms with Crippen molar-refractivity contribution in [3.8, 4) is 5.75 Å². The van der Waals surface area contributed by atoms with Gasteiger partial charge in [0.1, 0.15) is 23.8 Å². The molecule has 0 spiro atoms. The zero-order valence-electron chi connectivity index (χ0n) is 19.5. The summed E-state index contributed by atoms with van der Waals surface area (Å²) in [6.45, 7) is 2.30. The Labute approximate surface area is 207 Å². The lowest BCUT2D eigenvalue weighted by molar-refractivity contribution is 0.101. The highest BCUT2D eigenvalue weighted by atomic mass is 16.5. The maximum Gasteiger partial charge on any atom is 0.256 e. The van der Waals surface area contributed by atoms with Gasteiger partial charge in [-0.15, -0.1) is 0 Å². The minimum Gasteiger partial charge on any atom is -0.487 e. The topological polar surface area (TPSA) is 97.6 Å². The Morgan fingerprint density at radius 3 is 2.50 bits per heavy atom. The fourth-order valence-corrected chi connectivity index (χ4v) is 3.68. The lowest BCUT2D eigenvalue weighted by Gasteiger charge is -2.09. The summed E-state index contributed by atoms with van der Waals surface area (Å²) >= 11 is 0. The second kappa shape index (κ2) is 10.1. The molecule has 0 fully saturated rings. The van der Waals surface area contributed by atoms with Crippen molar-refractivity contribution in [3.05, 3.63) is 120 Å². The molecule has 8 heteroatoms. The molecule has 3 aromatic heterocycles. The molecule has 0 radical (unpaired) electrons. The van der Waals surface area contributed by atoms with Crippen molar-refractivity contribution in [2.24, 2.45) is 0 Å². The van der Waals surface area contributed by atoms with Gasteiger partial charge in [-0.3, -0.25) is 9.59 Å². The molecule has 2 aromatic carbocycles. The number of imidazole rings is 1. The van der Waals surface area contributed by atoms with Gasteiger partial charge in [0.25, 0.3) is 11.8 Å². The highest BCUT2D eigenvalue weighted by molar-refractivity contribution is 6.07. The number of hydrogen-bond acceptors (Lipinski definition) is 5. The highest BCUT2D eigenvalue weighted by Gasteiger charge is 2.11. The first kappa shape index (κ1) is 22.8. The van der Waals surface area contributed by atoms with Crippen LogP contribution in [0.5, 0.6) is 5.75 Å². The summed E-state index contributed by atoms with van der Waals surface area (Å²) in [6.07, 6.45) is 5.53. The predicted octanol–water partition coefficient (Wildman–Crippen LogP) is 5.12. The third kappa shape index (κ3) is 5.39. The van der Waals surface area contributed by atoms with Crippen LogP contribution in [0.1, 0.15) is 32.0 Å². The fourth-order valence-electron chi connectivity index (χ4n) is 3.68. The fraction of sp³-hybridized carbons (Fsp3) is 0.0714. The van der Waals surface area contributed by atoms with Crippen LogP contribution < -0.4 is 15.4 Å². The van der Waals surface area contributed by atoms with Gasteiger partial charge in [0, 0.05) is 35.4 Å². The molecular formula is C28H23N5O3. The molecule has 0 bridgehead atoms. The number of amides is 2. The van der Waals surface area contributed by atoms with Crippen LogP contribution in [0.15, 0.2) is 97.5 Å². The van der Waals surface area contributed by atoms with Gasteiger partial charge in [-0.1, -0.05) is 24.3 Å². The standard InChI is InChI=1S/C28H23N5O3/c1-19-11-12-26-30-23(17-33(26)16-19)18-36-24-9-5-7-21(15-24)27(34)31-22-8-4-6-20(14-22)28(35)32-25-10-2-3-13-29-25/h2-17H,18H2,1H3,(H,31,34)(H,29,32,35). The number of rotatable bonds is 7. The summed E-state index contributed by atoms with van der Waals surface area (Å²) in [6, 6.07) is 22.9. The monoisotopic (exact) mass is 477 g/mol. The zero-order chi connectivity index (χ0) is 24.9. The molecule has 2 N–H and O–H groups in total. The largest absolute Gasteiger partial charge is 0.487 e. The third-order valence-electron chi connectivity index (χ3n) is 5.42. The van der Waals surface area contributed by atoms with Gasteiger partial charge in [0.05, 0.1) is 5.69 Å². The van der Waals surface area contributed by atoms with Gasteiger partial charge in [0.2, 0.25) is 0 Å². The molecule has 0 saturated carbocycles. The number of ether oxygens (including phenoxy) is 1. The highest BCUT2D eigenvalue weighted by Crippen LogP contribution is 2.18. The van der Waals surface area contributed by atoms with E-state index in [2.05, 4.69) is 20.6 Å². The summed E-state index contributed by atoms with van der Waals surface area (Å²) in [5.41, 5.74) is 4.12. The van der Waals surface area contributed by atoms with Crippen molar-refractivity contribution in [2.75, 3.05) is 10.6 Å². The number of fused-ring (bicyclic) bond motifs is 1. The Bertz CT molecular complexity index is 1550. The zero-order valence-corrected chi connectivity index (χ0v) is 19.5. The van der Waals surface area contributed by atoms with Gasteiger partial charge in [-0.05, 0) is 67.1 Å². The summed E-state index contributed by atoms with van der Waals surface area (Å²) in [7, 11) is 0. The number of nitrogens with one attached hydrogen (secondary N) is 2. The Morgan fingerprint density at radius 1 is 0.861 bits per heavy atom. The van der Waals surface area contributed by atoms with Crippen LogP contribution in [0.4, 0.5) is 11.5 Å². The van der Waals surface area contributed by atoms with E-state index in [9.17, 15) is 9.59 Å². The predicted molar refractivity (Wildman–Crippen MR) is 137 cm³/mol. The average molecular weight is 478 g/mol. The number of aromatic nitrogens is 3. The number of anilines is 2. The molecule has 0 atom stereocenters. The van der Waals surface area contributed by atoms with Crippen LogP contribution in [0.3, 0.4) is 0 Å². The Morgan fingerprint density at radius 2 is 1.67 bits per heavy atom. The van der Waals surface area contributed by atoms with E-state index in [4.69, 9.17) is 4.74 Å². The number of hydrogen-bond donors (Lipinski definition) is 2. The van der Waals surface area contributed by atoms with Crippen LogP contribution in [-0.4, -0.2) is 26.2 Å². The van der Waals surface area contributed by atoms with E-state index in [1.807, 2.05) is 35.9 Å². The van der Waals surface area contributed by atoms with Crippen LogP contribution in [0.25, 0.3) is 5.65 Å². The number of carbonyl (C=O) groups is 2. The van der Waals surface area contributed by atoms with Gasteiger partial charge >= 0.3 is 0 Å². The number of pyridine rings is 2. The summed E-state index contributed by atoms with van der Waals surface area (Å²) in [5.74, 6) is 0.375. The molecule has 36 heavy (non-hydrogen) atoms. The van der Waals surface area contributed by atoms with E-state index in [0.29, 0.717) is 28.4 Å². The van der Waals surface area contributed by atoms with E-state index in [-0.39, 0.29) is 18.4 Å². The van der Waals surface area contributed by atoms with Crippen molar-refractivity contribution in [1.82, 2.24) is 14.4 Å². The molecule has 5 aromatic rings. The lowest BCUT2D eigenvalue weighted by Crippen LogP contribution is -2.15. The van der Waals surface area contributed by atoms with E-state index < -0.39 is 0 Å². The molecule has 3 heterocycles. The molecule has 0 aliphatic carbocycles. The van der Waals surface area contributed by atoms with Gasteiger partial charge in [-0.2, -0.15) is 0 Å². The van der Waals surface area contributed by atoms with Gasteiger partial charge in [-0.25, -0.2) is 9.97 Å². The van der Waals surface area contributed by atoms with Crippen LogP contribution in [0.2, 0.25) is 0 Å². The lowest BCUT2D eigenvalue weighted by atomic mass is 10.1. The minimum atomic E-state index is -0.317. The number of benzene rings is 2. The normalized spacial score (nSPS) is 10.7. The Kier molecular flexibility index (Phi) is 6.40. The number of aryl methyl sites for hydroxylation is 1. The molecule has 0 aliphatic rings. The van der Waals surface area contributed by atoms with E-state index in [0.717, 1.165) is 16.9 Å². The van der Waals surface area contributed by atoms with Crippen molar-refractivity contribution in [3.63, 3.8) is 0 Å². The summed E-state index contributed by atoms with van der Waals surface area (Å²) < 4.78 is 7.85. The number of nitrogens with zero attached hydrogens (tertiary/aromatic N) is 3. The molecule has 0 unspecified atom stereocenters. The minimum absolute atomic E-state index is 0.277. The van der Waals surface area contributed by atoms with E-state index >= 15 is 0 Å². The first-order valence-corrected chi connectivity index (χ1v) is 11.3. The van der Waals surface area contributed by atoms with Crippen LogP contribution in [-0.2, 0) is 6.61 Å². The summed E-state index contributed by atoms with van der Waals surface area (Å²) in [4.78, 5) is 34.1. The molecular weight excluding hydrogens is 454 g/mol. The molecule has 2 amide bonds. The maximum atomic E-state index is 12.9. The maximum absolute atomic E-state index is 12.9. The van der Waals surface area contributed by atoms with Crippen molar-refractivity contribution in [1.29, 1.82) is 0 Å². The first-order chi connectivity index (χ1) is 17.5. The van der Waals surface area contributed by atoms with Gasteiger partial charge < -0.3 is 19.8 Å². The SMILES string of the molecule is Cc1ccc2nc(COc3cccc(C(=O)Nc4cccc(C(=O)Nc5ccccn5)c4)c3)cn2c1. The second-order valence-electron chi connectivity index (χ2n) is 8.22. The molecule has 0 aliphatic heterocycles. The van der Waals surface area contributed by atoms with E-state index in [1.165, 1.54) is 0 Å². The van der Waals surface area contributed by atoms with Gasteiger partial charge in [0.15, 0.2) is 0 Å². The Balaban J connectivity index is 1.23. The molecule has 8 nitrogen and oxygen atoms in total. The molecule has 0 saturated heterocycles. The average Bonchev–Trinajstić information content (AvgIpc) is 3.30. The number of carbonyl (C=O) groups excluding carboxylic acids is 2. The molecule has 178 valence electrons. The second-order valence-corrected chi connectivity index (χ2v) is 8.22. The van der Waals surface area contributed by atoms with Crippen LogP contribution >= 0.6 is 0 Å². The van der Waals surface area contributed by atoms with E-state index in [1.54, 1.807) is 72.9 Å². The molecule has 5 rings (SSSR count). The van der Waals surface area contributed by atoms with Crippen molar-refractivity contribution >= 4 is 29.0 Å². The summed E-state index contributed by atoms with van der Waals surface area (Å²) in [5, 5.41) is 5.57. The Hall–Kier alpha value is -4.98.